The molecule has 8 nitrogen and oxygen atoms in total. The van der Waals surface area contributed by atoms with Crippen molar-refractivity contribution in [1.82, 2.24) is 4.90 Å². The first kappa shape index (κ1) is 28.3. The van der Waals surface area contributed by atoms with E-state index in [4.69, 9.17) is 25.8 Å². The maximum absolute atomic E-state index is 13.2. The van der Waals surface area contributed by atoms with Crippen molar-refractivity contribution in [2.45, 2.75) is 71.5 Å². The minimum absolute atomic E-state index is 0.153. The second kappa shape index (κ2) is 11.0. The summed E-state index contributed by atoms with van der Waals surface area (Å²) < 4.78 is 16.4. The van der Waals surface area contributed by atoms with Crippen LogP contribution >= 0.6 is 11.6 Å². The van der Waals surface area contributed by atoms with Crippen LogP contribution in [0.2, 0.25) is 5.02 Å². The average Bonchev–Trinajstić information content (AvgIpc) is 3.08. The van der Waals surface area contributed by atoms with Crippen molar-refractivity contribution in [3.63, 3.8) is 0 Å². The van der Waals surface area contributed by atoms with Gasteiger partial charge in [0.15, 0.2) is 0 Å². The third-order valence-electron chi connectivity index (χ3n) is 6.38. The van der Waals surface area contributed by atoms with E-state index in [2.05, 4.69) is 4.90 Å². The summed E-state index contributed by atoms with van der Waals surface area (Å²) in [5.41, 5.74) is 0.613. The zero-order chi connectivity index (χ0) is 26.8. The molecule has 0 bridgehead atoms. The van der Waals surface area contributed by atoms with Gasteiger partial charge in [-0.05, 0) is 72.1 Å². The molecule has 2 atom stereocenters. The van der Waals surface area contributed by atoms with E-state index >= 15 is 0 Å². The van der Waals surface area contributed by atoms with Crippen LogP contribution in [0.5, 0.6) is 0 Å². The number of halogens is 1. The maximum atomic E-state index is 13.2. The van der Waals surface area contributed by atoms with E-state index in [1.807, 2.05) is 32.9 Å². The number of anilines is 1. The fourth-order valence-corrected chi connectivity index (χ4v) is 4.96. The number of methoxy groups -OCH3 is 1. The number of imide groups is 1. The Morgan fingerprint density at radius 3 is 2.19 bits per heavy atom. The number of carbonyl (C=O) groups is 3. The van der Waals surface area contributed by atoms with Gasteiger partial charge in [-0.1, -0.05) is 17.7 Å². The summed E-state index contributed by atoms with van der Waals surface area (Å²) in [5, 5.41) is 0.583. The van der Waals surface area contributed by atoms with Crippen LogP contribution in [-0.2, 0) is 23.8 Å². The molecule has 1 aromatic carbocycles. The molecule has 0 aromatic heterocycles. The lowest BCUT2D eigenvalue weighted by molar-refractivity contribution is -0.160. The number of rotatable bonds is 5. The number of nitrogens with zero attached hydrogens (tertiary/aromatic N) is 2. The number of carbonyl (C=O) groups excluding carboxylic acids is 3. The van der Waals surface area contributed by atoms with Crippen molar-refractivity contribution >= 4 is 35.3 Å². The highest BCUT2D eigenvalue weighted by atomic mass is 35.5. The maximum Gasteiger partial charge on any atom is 0.417 e. The van der Waals surface area contributed by atoms with Crippen molar-refractivity contribution < 1.29 is 28.6 Å². The van der Waals surface area contributed by atoms with Gasteiger partial charge in [-0.15, -0.1) is 0 Å². The summed E-state index contributed by atoms with van der Waals surface area (Å²) in [4.78, 5) is 42.0. The standard InChI is InChI=1S/C27H39ClN2O6/c1-26(2,3)35-24(32)17-10-12-29(13-11-17)22-14-18(28)8-9-19(22)20-15-30(23(31)21(20)16-34-7)25(33)36-27(4,5)6/h8-9,14,17,20-21H,10-13,15-16H2,1-7H3/t20-,21-/m1/s1. The first-order valence-electron chi connectivity index (χ1n) is 12.5. The Kier molecular flexibility index (Phi) is 8.61. The van der Waals surface area contributed by atoms with Crippen LogP contribution in [0.3, 0.4) is 0 Å². The van der Waals surface area contributed by atoms with E-state index in [1.54, 1.807) is 33.9 Å². The lowest BCUT2D eigenvalue weighted by atomic mass is 9.87. The van der Waals surface area contributed by atoms with Gasteiger partial charge in [0.05, 0.1) is 18.4 Å². The highest BCUT2D eigenvalue weighted by Gasteiger charge is 2.46. The molecule has 9 heteroatoms. The highest BCUT2D eigenvalue weighted by Crippen LogP contribution is 2.41. The Bertz CT molecular complexity index is 975. The lowest BCUT2D eigenvalue weighted by Crippen LogP contribution is -2.39. The minimum atomic E-state index is -0.712. The molecule has 0 N–H and O–H groups in total. The van der Waals surface area contributed by atoms with Crippen LogP contribution in [0.1, 0.15) is 65.9 Å². The van der Waals surface area contributed by atoms with Gasteiger partial charge in [-0.25, -0.2) is 9.69 Å². The van der Waals surface area contributed by atoms with Gasteiger partial charge >= 0.3 is 12.1 Å². The topological polar surface area (TPSA) is 85.4 Å². The van der Waals surface area contributed by atoms with Gasteiger partial charge in [0.1, 0.15) is 11.2 Å². The summed E-state index contributed by atoms with van der Waals surface area (Å²) in [5.74, 6) is -1.42. The molecule has 2 aliphatic heterocycles. The van der Waals surface area contributed by atoms with Crippen LogP contribution in [0, 0.1) is 11.8 Å². The third-order valence-corrected chi connectivity index (χ3v) is 6.61. The molecule has 2 aliphatic rings. The molecule has 2 fully saturated rings. The predicted molar refractivity (Wildman–Crippen MR) is 138 cm³/mol. The molecule has 0 spiro atoms. The number of likely N-dealkylation sites (tertiary alicyclic amines) is 1. The van der Waals surface area contributed by atoms with Crippen molar-refractivity contribution in [3.05, 3.63) is 28.8 Å². The average molecular weight is 523 g/mol. The normalized spacial score (nSPS) is 21.6. The summed E-state index contributed by atoms with van der Waals surface area (Å²) in [6.07, 6.45) is 0.677. The third kappa shape index (κ3) is 6.91. The van der Waals surface area contributed by atoms with E-state index in [0.717, 1.165) is 11.3 Å². The van der Waals surface area contributed by atoms with Crippen LogP contribution < -0.4 is 4.90 Å². The number of ether oxygens (including phenoxy) is 3. The molecule has 200 valence electrons. The summed E-state index contributed by atoms with van der Waals surface area (Å²) >= 11 is 6.40. The van der Waals surface area contributed by atoms with Gasteiger partial charge in [-0.3, -0.25) is 9.59 Å². The molecular formula is C27H39ClN2O6. The molecular weight excluding hydrogens is 484 g/mol. The summed E-state index contributed by atoms with van der Waals surface area (Å²) in [6, 6.07) is 5.63. The fourth-order valence-electron chi connectivity index (χ4n) is 4.80. The second-order valence-corrected chi connectivity index (χ2v) is 12.0. The Morgan fingerprint density at radius 1 is 1.03 bits per heavy atom. The monoisotopic (exact) mass is 522 g/mol. The SMILES string of the molecule is COC[C@H]1C(=O)N(C(=O)OC(C)(C)C)C[C@@H]1c1ccc(Cl)cc1N1CCC(C(=O)OC(C)(C)C)CC1. The van der Waals surface area contributed by atoms with Crippen LogP contribution in [0.25, 0.3) is 0 Å². The number of benzene rings is 1. The molecule has 0 aliphatic carbocycles. The van der Waals surface area contributed by atoms with E-state index in [0.29, 0.717) is 31.0 Å². The Labute approximate surface area is 219 Å². The fraction of sp³-hybridized carbons (Fsp3) is 0.667. The molecule has 0 saturated carbocycles. The Hall–Kier alpha value is -2.32. The highest BCUT2D eigenvalue weighted by molar-refractivity contribution is 6.30. The number of amides is 2. The van der Waals surface area contributed by atoms with Crippen LogP contribution in [0.15, 0.2) is 18.2 Å². The minimum Gasteiger partial charge on any atom is -0.460 e. The Balaban J connectivity index is 1.84. The second-order valence-electron chi connectivity index (χ2n) is 11.6. The van der Waals surface area contributed by atoms with Gasteiger partial charge in [0, 0.05) is 43.4 Å². The summed E-state index contributed by atoms with van der Waals surface area (Å²) in [6.45, 7) is 12.6. The first-order valence-corrected chi connectivity index (χ1v) is 12.9. The number of esters is 1. The molecule has 0 radical (unpaired) electrons. The van der Waals surface area contributed by atoms with Gasteiger partial charge in [0.2, 0.25) is 5.91 Å². The quantitative estimate of drug-likeness (QED) is 0.502. The zero-order valence-electron chi connectivity index (χ0n) is 22.4. The molecule has 3 rings (SSSR count). The number of piperidine rings is 1. The molecule has 1 aromatic rings. The lowest BCUT2D eigenvalue weighted by Gasteiger charge is -2.36. The van der Waals surface area contributed by atoms with Crippen molar-refractivity contribution in [1.29, 1.82) is 0 Å². The van der Waals surface area contributed by atoms with E-state index in [-0.39, 0.29) is 36.9 Å². The molecule has 2 amide bonds. The van der Waals surface area contributed by atoms with E-state index in [9.17, 15) is 14.4 Å². The van der Waals surface area contributed by atoms with Gasteiger partial charge in [-0.2, -0.15) is 0 Å². The predicted octanol–water partition coefficient (Wildman–Crippen LogP) is 5.02. The zero-order valence-corrected chi connectivity index (χ0v) is 23.2. The van der Waals surface area contributed by atoms with E-state index < -0.39 is 23.2 Å². The van der Waals surface area contributed by atoms with Crippen LogP contribution in [0.4, 0.5) is 10.5 Å². The smallest absolute Gasteiger partial charge is 0.417 e. The first-order chi connectivity index (χ1) is 16.7. The molecule has 0 unspecified atom stereocenters. The van der Waals surface area contributed by atoms with Crippen molar-refractivity contribution in [2.24, 2.45) is 11.8 Å². The molecule has 2 heterocycles. The largest absolute Gasteiger partial charge is 0.460 e. The van der Waals surface area contributed by atoms with Crippen LogP contribution in [-0.4, -0.2) is 67.4 Å². The van der Waals surface area contributed by atoms with Gasteiger partial charge < -0.3 is 19.1 Å². The van der Waals surface area contributed by atoms with Crippen molar-refractivity contribution in [2.75, 3.05) is 38.3 Å². The molecule has 36 heavy (non-hydrogen) atoms. The number of hydrogen-bond acceptors (Lipinski definition) is 7. The van der Waals surface area contributed by atoms with Gasteiger partial charge in [0.25, 0.3) is 0 Å². The summed E-state index contributed by atoms with van der Waals surface area (Å²) in [7, 11) is 1.55. The van der Waals surface area contributed by atoms with Crippen molar-refractivity contribution in [3.8, 4) is 0 Å². The number of hydrogen-bond donors (Lipinski definition) is 0. The molecule has 2 saturated heterocycles. The Morgan fingerprint density at radius 2 is 1.64 bits per heavy atom. The van der Waals surface area contributed by atoms with E-state index in [1.165, 1.54) is 4.90 Å².